The Morgan fingerprint density at radius 3 is 1.83 bits per heavy atom. The first kappa shape index (κ1) is 34.4. The van der Waals surface area contributed by atoms with Crippen LogP contribution in [-0.2, 0) is 5.41 Å². The van der Waals surface area contributed by atoms with Crippen molar-refractivity contribution in [1.82, 2.24) is 4.57 Å². The van der Waals surface area contributed by atoms with Crippen LogP contribution < -0.4 is 4.90 Å². The maximum atomic E-state index is 6.74. The lowest BCUT2D eigenvalue weighted by Crippen LogP contribution is -2.16. The van der Waals surface area contributed by atoms with Gasteiger partial charge in [-0.2, -0.15) is 0 Å². The van der Waals surface area contributed by atoms with E-state index in [0.717, 1.165) is 61.3 Å². The molecule has 0 aliphatic heterocycles. The molecule has 2 heterocycles. The van der Waals surface area contributed by atoms with Crippen LogP contribution in [0.1, 0.15) is 25.0 Å². The van der Waals surface area contributed by atoms with Crippen molar-refractivity contribution in [3.63, 3.8) is 0 Å². The van der Waals surface area contributed by atoms with E-state index in [-0.39, 0.29) is 5.41 Å². The van der Waals surface area contributed by atoms with Crippen molar-refractivity contribution in [2.24, 2.45) is 0 Å². The number of rotatable bonds is 6. The van der Waals surface area contributed by atoms with Crippen LogP contribution in [0.3, 0.4) is 0 Å². The molecule has 0 saturated heterocycles. The second-order valence-corrected chi connectivity index (χ2v) is 16.5. The van der Waals surface area contributed by atoms with E-state index in [1.54, 1.807) is 0 Å². The number of nitrogens with zero attached hydrogens (tertiary/aromatic N) is 2. The smallest absolute Gasteiger partial charge is 0.138 e. The molecular weight excluding hydrogens is 729 g/mol. The van der Waals surface area contributed by atoms with Crippen LogP contribution >= 0.6 is 0 Å². The summed E-state index contributed by atoms with van der Waals surface area (Å²) in [6.07, 6.45) is 0. The lowest BCUT2D eigenvalue weighted by molar-refractivity contribution is 0.660. The van der Waals surface area contributed by atoms with Crippen LogP contribution in [0.25, 0.3) is 82.8 Å². The number of hydrogen-bond acceptors (Lipinski definition) is 2. The average Bonchev–Trinajstić information content (AvgIpc) is 3.91. The number of aromatic nitrogens is 1. The standard InChI is InChI=1S/C57H40N2O/c1-57(2)48-24-14-12-22-44(48)45-32-30-43(35-49(45)57)58(40-18-8-4-9-19-40)42-31-33-50-47(34-42)55-51(59(50)41-20-10-5-11-21-41)36-53-56(46-23-13-15-25-52(46)60-53)54(55)39-28-26-38(27-29-39)37-16-6-3-7-17-37/h3-36H,1-2H3. The zero-order valence-corrected chi connectivity index (χ0v) is 33.4. The summed E-state index contributed by atoms with van der Waals surface area (Å²) in [7, 11) is 0. The van der Waals surface area contributed by atoms with Gasteiger partial charge >= 0.3 is 0 Å². The van der Waals surface area contributed by atoms with Gasteiger partial charge in [0.15, 0.2) is 0 Å². The Morgan fingerprint density at radius 2 is 1.03 bits per heavy atom. The van der Waals surface area contributed by atoms with E-state index in [9.17, 15) is 0 Å². The Morgan fingerprint density at radius 1 is 0.417 bits per heavy atom. The topological polar surface area (TPSA) is 21.3 Å². The van der Waals surface area contributed by atoms with Crippen molar-refractivity contribution < 1.29 is 4.42 Å². The molecule has 0 radical (unpaired) electrons. The number of anilines is 3. The van der Waals surface area contributed by atoms with Crippen LogP contribution in [0.2, 0.25) is 0 Å². The van der Waals surface area contributed by atoms with Gasteiger partial charge < -0.3 is 13.9 Å². The fourth-order valence-corrected chi connectivity index (χ4v) is 9.97. The molecule has 2 aromatic heterocycles. The molecule has 0 amide bonds. The van der Waals surface area contributed by atoms with Crippen LogP contribution in [-0.4, -0.2) is 4.57 Å². The molecule has 9 aromatic carbocycles. The molecule has 60 heavy (non-hydrogen) atoms. The van der Waals surface area contributed by atoms with Crippen molar-refractivity contribution in [2.45, 2.75) is 19.3 Å². The van der Waals surface area contributed by atoms with Crippen LogP contribution in [0.15, 0.2) is 211 Å². The van der Waals surface area contributed by atoms with E-state index in [0.29, 0.717) is 0 Å². The molecule has 11 aromatic rings. The van der Waals surface area contributed by atoms with E-state index in [1.807, 2.05) is 0 Å². The number of furan rings is 1. The van der Waals surface area contributed by atoms with Crippen molar-refractivity contribution in [1.29, 1.82) is 0 Å². The minimum absolute atomic E-state index is 0.124. The Kier molecular flexibility index (Phi) is 7.58. The molecule has 0 fully saturated rings. The quantitative estimate of drug-likeness (QED) is 0.168. The van der Waals surface area contributed by atoms with Gasteiger partial charge in [-0.3, -0.25) is 0 Å². The summed E-state index contributed by atoms with van der Waals surface area (Å²) in [5.41, 5.74) is 18.4. The fraction of sp³-hybridized carbons (Fsp3) is 0.0526. The van der Waals surface area contributed by atoms with Crippen LogP contribution in [0.5, 0.6) is 0 Å². The molecule has 0 saturated carbocycles. The molecule has 1 aliphatic rings. The summed E-state index contributed by atoms with van der Waals surface area (Å²) in [6.45, 7) is 4.71. The SMILES string of the molecule is CC1(C)c2ccccc2-c2ccc(N(c3ccccc3)c3ccc4c(c3)c3c(-c5ccc(-c6ccccc6)cc5)c5c(cc3n4-c3ccccc3)oc3ccccc35)cc21. The molecule has 3 nitrogen and oxygen atoms in total. The highest BCUT2D eigenvalue weighted by Crippen LogP contribution is 2.52. The van der Waals surface area contributed by atoms with Crippen molar-refractivity contribution in [3.05, 3.63) is 217 Å². The molecule has 3 heteroatoms. The van der Waals surface area contributed by atoms with Gasteiger partial charge in [0.2, 0.25) is 0 Å². The van der Waals surface area contributed by atoms with E-state index in [2.05, 4.69) is 230 Å². The van der Waals surface area contributed by atoms with Gasteiger partial charge in [0.05, 0.1) is 11.0 Å². The van der Waals surface area contributed by atoms with E-state index in [4.69, 9.17) is 4.42 Å². The second kappa shape index (κ2) is 13.2. The van der Waals surface area contributed by atoms with Gasteiger partial charge in [-0.1, -0.05) is 153 Å². The van der Waals surface area contributed by atoms with E-state index < -0.39 is 0 Å². The minimum atomic E-state index is -0.124. The number of hydrogen-bond donors (Lipinski definition) is 0. The van der Waals surface area contributed by atoms with Crippen molar-refractivity contribution >= 4 is 60.8 Å². The summed E-state index contributed by atoms with van der Waals surface area (Å²) < 4.78 is 9.14. The lowest BCUT2D eigenvalue weighted by Gasteiger charge is -2.28. The van der Waals surface area contributed by atoms with E-state index >= 15 is 0 Å². The first-order valence-electron chi connectivity index (χ1n) is 20.8. The fourth-order valence-electron chi connectivity index (χ4n) is 9.97. The molecule has 0 N–H and O–H groups in total. The maximum absolute atomic E-state index is 6.74. The molecule has 0 atom stereocenters. The Hall–Kier alpha value is -7.62. The highest BCUT2D eigenvalue weighted by molar-refractivity contribution is 6.27. The third-order valence-corrected chi connectivity index (χ3v) is 12.8. The molecule has 0 spiro atoms. The molecule has 0 unspecified atom stereocenters. The normalized spacial score (nSPS) is 13.0. The predicted octanol–water partition coefficient (Wildman–Crippen LogP) is 15.8. The monoisotopic (exact) mass is 768 g/mol. The predicted molar refractivity (Wildman–Crippen MR) is 251 cm³/mol. The third kappa shape index (κ3) is 5.15. The van der Waals surface area contributed by atoms with Crippen molar-refractivity contribution in [2.75, 3.05) is 4.90 Å². The summed E-state index contributed by atoms with van der Waals surface area (Å²) in [5, 5.41) is 4.61. The Labute approximate surface area is 349 Å². The summed E-state index contributed by atoms with van der Waals surface area (Å²) >= 11 is 0. The number of para-hydroxylation sites is 3. The van der Waals surface area contributed by atoms with Crippen LogP contribution in [0.4, 0.5) is 17.1 Å². The highest BCUT2D eigenvalue weighted by atomic mass is 16.3. The summed E-state index contributed by atoms with van der Waals surface area (Å²) in [4.78, 5) is 2.42. The van der Waals surface area contributed by atoms with Gasteiger partial charge in [-0.05, 0) is 99.6 Å². The number of fused-ring (bicyclic) bond motifs is 9. The van der Waals surface area contributed by atoms with Gasteiger partial charge in [-0.15, -0.1) is 0 Å². The Bertz CT molecular complexity index is 3430. The molecule has 1 aliphatic carbocycles. The highest BCUT2D eigenvalue weighted by Gasteiger charge is 2.36. The van der Waals surface area contributed by atoms with Crippen LogP contribution in [0, 0.1) is 0 Å². The Balaban J connectivity index is 1.16. The second-order valence-electron chi connectivity index (χ2n) is 16.5. The third-order valence-electron chi connectivity index (χ3n) is 12.8. The van der Waals surface area contributed by atoms with Gasteiger partial charge in [0.1, 0.15) is 11.2 Å². The summed E-state index contributed by atoms with van der Waals surface area (Å²) in [5.74, 6) is 0. The van der Waals surface area contributed by atoms with Gasteiger partial charge in [-0.25, -0.2) is 0 Å². The molecule has 12 rings (SSSR count). The maximum Gasteiger partial charge on any atom is 0.138 e. The molecule has 0 bridgehead atoms. The zero-order chi connectivity index (χ0) is 40.0. The van der Waals surface area contributed by atoms with Crippen molar-refractivity contribution in [3.8, 4) is 39.1 Å². The summed E-state index contributed by atoms with van der Waals surface area (Å²) in [6, 6.07) is 74.8. The molecular formula is C57H40N2O. The average molecular weight is 769 g/mol. The minimum Gasteiger partial charge on any atom is -0.456 e. The zero-order valence-electron chi connectivity index (χ0n) is 33.4. The first-order valence-corrected chi connectivity index (χ1v) is 20.8. The van der Waals surface area contributed by atoms with E-state index in [1.165, 1.54) is 49.7 Å². The largest absolute Gasteiger partial charge is 0.456 e. The van der Waals surface area contributed by atoms with Gasteiger partial charge in [0, 0.05) is 61.3 Å². The van der Waals surface area contributed by atoms with Gasteiger partial charge in [0.25, 0.3) is 0 Å². The lowest BCUT2D eigenvalue weighted by atomic mass is 9.82. The first-order chi connectivity index (χ1) is 29.5. The number of benzene rings is 9. The molecule has 284 valence electrons.